The van der Waals surface area contributed by atoms with Crippen LogP contribution in [0.15, 0.2) is 0 Å². The average molecular weight is 280 g/mol. The lowest BCUT2D eigenvalue weighted by Crippen LogP contribution is -2.49. The van der Waals surface area contributed by atoms with Gasteiger partial charge in [0.15, 0.2) is 0 Å². The fourth-order valence-corrected chi connectivity index (χ4v) is 4.83. The first-order valence-corrected chi connectivity index (χ1v) is 9.52. The summed E-state index contributed by atoms with van der Waals surface area (Å²) in [6.07, 6.45) is 14.5. The molecular weight excluding hydrogens is 242 g/mol. The van der Waals surface area contributed by atoms with Gasteiger partial charge in [0.1, 0.15) is 0 Å². The lowest BCUT2D eigenvalue weighted by atomic mass is 9.71. The van der Waals surface area contributed by atoms with Crippen molar-refractivity contribution >= 4 is 0 Å². The molecule has 1 nitrogen and oxygen atoms in total. The molecule has 0 N–H and O–H groups in total. The first kappa shape index (κ1) is 16.3. The van der Waals surface area contributed by atoms with Crippen LogP contribution in [0, 0.1) is 17.8 Å². The summed E-state index contributed by atoms with van der Waals surface area (Å²) < 4.78 is 0. The zero-order valence-corrected chi connectivity index (χ0v) is 14.2. The normalized spacial score (nSPS) is 34.4. The van der Waals surface area contributed by atoms with Crippen LogP contribution in [0.25, 0.3) is 0 Å². The Balaban J connectivity index is 1.91. The van der Waals surface area contributed by atoms with Gasteiger partial charge in [0.25, 0.3) is 0 Å². The number of nitrogens with zero attached hydrogens (tertiary/aromatic N) is 1. The SMILES string of the molecule is CCCCCC1CN2CCCC2C(CCCCC)C1C. The molecule has 2 saturated heterocycles. The molecule has 2 aliphatic heterocycles. The van der Waals surface area contributed by atoms with Crippen LogP contribution in [-0.2, 0) is 0 Å². The van der Waals surface area contributed by atoms with Crippen molar-refractivity contribution in [2.45, 2.75) is 91.0 Å². The molecule has 4 unspecified atom stereocenters. The van der Waals surface area contributed by atoms with Gasteiger partial charge in [-0.25, -0.2) is 0 Å². The van der Waals surface area contributed by atoms with E-state index in [0.717, 1.165) is 23.8 Å². The highest BCUT2D eigenvalue weighted by molar-refractivity contribution is 4.95. The second-order valence-corrected chi connectivity index (χ2v) is 7.48. The maximum Gasteiger partial charge on any atom is 0.0127 e. The smallest absolute Gasteiger partial charge is 0.0127 e. The monoisotopic (exact) mass is 279 g/mol. The standard InChI is InChI=1S/C19H37N/c1-4-6-8-11-17-15-20-14-10-13-19(20)18(16(17)3)12-9-7-5-2/h16-19H,4-15H2,1-3H3. The number of hydrogen-bond acceptors (Lipinski definition) is 1. The zero-order chi connectivity index (χ0) is 14.4. The van der Waals surface area contributed by atoms with Gasteiger partial charge in [-0.1, -0.05) is 59.3 Å². The molecule has 2 aliphatic rings. The molecule has 4 atom stereocenters. The largest absolute Gasteiger partial charge is 0.300 e. The van der Waals surface area contributed by atoms with Crippen molar-refractivity contribution in [3.8, 4) is 0 Å². The van der Waals surface area contributed by atoms with Gasteiger partial charge in [0.2, 0.25) is 0 Å². The number of rotatable bonds is 8. The minimum absolute atomic E-state index is 0.948. The number of unbranched alkanes of at least 4 members (excludes halogenated alkanes) is 4. The maximum absolute atomic E-state index is 2.87. The lowest BCUT2D eigenvalue weighted by Gasteiger charge is -2.46. The summed E-state index contributed by atoms with van der Waals surface area (Å²) in [5.74, 6) is 2.97. The third-order valence-corrected chi connectivity index (χ3v) is 6.12. The van der Waals surface area contributed by atoms with Gasteiger partial charge in [-0.3, -0.25) is 4.90 Å². The van der Waals surface area contributed by atoms with Gasteiger partial charge in [-0.05, 0) is 50.0 Å². The van der Waals surface area contributed by atoms with Crippen LogP contribution in [0.5, 0.6) is 0 Å². The van der Waals surface area contributed by atoms with E-state index in [4.69, 9.17) is 0 Å². The number of piperidine rings is 1. The first-order valence-electron chi connectivity index (χ1n) is 9.52. The van der Waals surface area contributed by atoms with E-state index in [1.807, 2.05) is 0 Å². The molecule has 2 heterocycles. The molecule has 0 radical (unpaired) electrons. The van der Waals surface area contributed by atoms with Gasteiger partial charge in [-0.2, -0.15) is 0 Å². The van der Waals surface area contributed by atoms with Crippen LogP contribution in [0.3, 0.4) is 0 Å². The van der Waals surface area contributed by atoms with Crippen LogP contribution in [0.1, 0.15) is 85.0 Å². The minimum atomic E-state index is 0.948. The van der Waals surface area contributed by atoms with Crippen LogP contribution in [0.2, 0.25) is 0 Å². The van der Waals surface area contributed by atoms with Crippen LogP contribution in [0.4, 0.5) is 0 Å². The summed E-state index contributed by atoms with van der Waals surface area (Å²) in [6.45, 7) is 10.1. The van der Waals surface area contributed by atoms with E-state index < -0.39 is 0 Å². The van der Waals surface area contributed by atoms with E-state index in [1.54, 1.807) is 0 Å². The van der Waals surface area contributed by atoms with Gasteiger partial charge in [0.05, 0.1) is 0 Å². The quantitative estimate of drug-likeness (QED) is 0.531. The summed E-state index contributed by atoms with van der Waals surface area (Å²) in [4.78, 5) is 2.87. The highest BCUT2D eigenvalue weighted by Gasteiger charge is 2.42. The Kier molecular flexibility index (Phi) is 6.87. The molecular formula is C19H37N. The Morgan fingerprint density at radius 3 is 2.35 bits per heavy atom. The van der Waals surface area contributed by atoms with E-state index in [-0.39, 0.29) is 0 Å². The molecule has 118 valence electrons. The van der Waals surface area contributed by atoms with E-state index in [1.165, 1.54) is 77.3 Å². The van der Waals surface area contributed by atoms with Crippen molar-refractivity contribution in [3.05, 3.63) is 0 Å². The fraction of sp³-hybridized carbons (Fsp3) is 1.00. The summed E-state index contributed by atoms with van der Waals surface area (Å²) >= 11 is 0. The summed E-state index contributed by atoms with van der Waals surface area (Å²) in [5.41, 5.74) is 0. The van der Waals surface area contributed by atoms with Gasteiger partial charge in [0, 0.05) is 12.6 Å². The predicted octanol–water partition coefficient (Wildman–Crippen LogP) is 5.49. The molecule has 0 aromatic heterocycles. The van der Waals surface area contributed by atoms with Crippen LogP contribution < -0.4 is 0 Å². The van der Waals surface area contributed by atoms with Gasteiger partial charge in [-0.15, -0.1) is 0 Å². The minimum Gasteiger partial charge on any atom is -0.300 e. The Labute approximate surface area is 127 Å². The van der Waals surface area contributed by atoms with E-state index >= 15 is 0 Å². The molecule has 0 aromatic carbocycles. The highest BCUT2D eigenvalue weighted by Crippen LogP contribution is 2.42. The van der Waals surface area contributed by atoms with Crippen molar-refractivity contribution in [1.82, 2.24) is 4.90 Å². The molecule has 0 saturated carbocycles. The summed E-state index contributed by atoms with van der Waals surface area (Å²) in [5, 5.41) is 0. The number of fused-ring (bicyclic) bond motifs is 1. The first-order chi connectivity index (χ1) is 9.77. The summed E-state index contributed by atoms with van der Waals surface area (Å²) in [7, 11) is 0. The molecule has 0 spiro atoms. The van der Waals surface area contributed by atoms with Crippen LogP contribution >= 0.6 is 0 Å². The Bertz CT molecular complexity index is 262. The third kappa shape index (κ3) is 4.00. The average Bonchev–Trinajstić information content (AvgIpc) is 2.90. The Hall–Kier alpha value is -0.0400. The van der Waals surface area contributed by atoms with Crippen molar-refractivity contribution in [1.29, 1.82) is 0 Å². The van der Waals surface area contributed by atoms with Gasteiger partial charge < -0.3 is 0 Å². The van der Waals surface area contributed by atoms with E-state index in [9.17, 15) is 0 Å². The Morgan fingerprint density at radius 2 is 1.65 bits per heavy atom. The van der Waals surface area contributed by atoms with E-state index in [2.05, 4.69) is 25.7 Å². The van der Waals surface area contributed by atoms with Crippen molar-refractivity contribution in [3.63, 3.8) is 0 Å². The van der Waals surface area contributed by atoms with Crippen LogP contribution in [-0.4, -0.2) is 24.0 Å². The van der Waals surface area contributed by atoms with Crippen molar-refractivity contribution in [2.75, 3.05) is 13.1 Å². The predicted molar refractivity (Wildman–Crippen MR) is 89.0 cm³/mol. The third-order valence-electron chi connectivity index (χ3n) is 6.12. The molecule has 0 aliphatic carbocycles. The highest BCUT2D eigenvalue weighted by atomic mass is 15.2. The molecule has 1 heteroatoms. The molecule has 20 heavy (non-hydrogen) atoms. The lowest BCUT2D eigenvalue weighted by molar-refractivity contribution is 0.0269. The van der Waals surface area contributed by atoms with Crippen molar-refractivity contribution in [2.24, 2.45) is 17.8 Å². The van der Waals surface area contributed by atoms with E-state index in [0.29, 0.717) is 0 Å². The molecule has 0 bridgehead atoms. The fourth-order valence-electron chi connectivity index (χ4n) is 4.83. The zero-order valence-electron chi connectivity index (χ0n) is 14.2. The molecule has 2 fully saturated rings. The second kappa shape index (κ2) is 8.41. The summed E-state index contributed by atoms with van der Waals surface area (Å²) in [6, 6.07) is 0.948. The molecule has 2 rings (SSSR count). The number of hydrogen-bond donors (Lipinski definition) is 0. The maximum atomic E-state index is 2.87. The van der Waals surface area contributed by atoms with Crippen molar-refractivity contribution < 1.29 is 0 Å². The molecule has 0 amide bonds. The van der Waals surface area contributed by atoms with Gasteiger partial charge >= 0.3 is 0 Å². The second-order valence-electron chi connectivity index (χ2n) is 7.48. The molecule has 0 aromatic rings. The topological polar surface area (TPSA) is 3.24 Å². The Morgan fingerprint density at radius 1 is 0.950 bits per heavy atom.